The molecule has 0 radical (unpaired) electrons. The predicted molar refractivity (Wildman–Crippen MR) is 80.6 cm³/mol. The van der Waals surface area contributed by atoms with E-state index in [0.29, 0.717) is 27.0 Å². The predicted octanol–water partition coefficient (Wildman–Crippen LogP) is 2.09. The summed E-state index contributed by atoms with van der Waals surface area (Å²) < 4.78 is 15.6. The number of esters is 1. The number of fused-ring (bicyclic) bond motifs is 1. The van der Waals surface area contributed by atoms with Gasteiger partial charge in [0.15, 0.2) is 22.2 Å². The zero-order valence-electron chi connectivity index (χ0n) is 12.7. The number of Topliss-reactive ketones (excluding diaryl/α,β-unsaturated/α-hetero) is 1. The molecule has 0 amide bonds. The molecule has 0 saturated carbocycles. The molecular formula is C14H16N2O5S. The Morgan fingerprint density at radius 2 is 1.95 bits per heavy atom. The normalized spacial score (nSPS) is 12.0. The van der Waals surface area contributed by atoms with Crippen LogP contribution in [0.3, 0.4) is 0 Å². The molecule has 8 heteroatoms. The summed E-state index contributed by atoms with van der Waals surface area (Å²) >= 11 is 1.20. The van der Waals surface area contributed by atoms with E-state index in [1.165, 1.54) is 32.7 Å². The van der Waals surface area contributed by atoms with Gasteiger partial charge in [0.1, 0.15) is 0 Å². The van der Waals surface area contributed by atoms with Crippen molar-refractivity contribution >= 4 is 33.4 Å². The summed E-state index contributed by atoms with van der Waals surface area (Å²) in [5.41, 5.74) is 0.414. The maximum atomic E-state index is 12.2. The van der Waals surface area contributed by atoms with Crippen molar-refractivity contribution in [3.63, 3.8) is 0 Å². The number of thiazole rings is 1. The lowest BCUT2D eigenvalue weighted by molar-refractivity contribution is -0.144. The van der Waals surface area contributed by atoms with Gasteiger partial charge < -0.3 is 14.2 Å². The molecule has 2 rings (SSSR count). The van der Waals surface area contributed by atoms with E-state index in [2.05, 4.69) is 14.7 Å². The molecule has 1 atom stereocenters. The lowest BCUT2D eigenvalue weighted by Gasteiger charge is -2.05. The van der Waals surface area contributed by atoms with Crippen molar-refractivity contribution in [3.8, 4) is 11.6 Å². The number of carbonyl (C=O) groups excluding carboxylic acids is 2. The standard InChI is InChI=1S/C14H16N2O5S/c1-7(14(18)21-4)5-8(17)13-16-11-10(22-13)6-9(19-2)12(15-11)20-3/h6-7H,5H2,1-4H3. The van der Waals surface area contributed by atoms with Crippen molar-refractivity contribution in [2.24, 2.45) is 5.92 Å². The molecule has 0 fully saturated rings. The highest BCUT2D eigenvalue weighted by atomic mass is 32.1. The summed E-state index contributed by atoms with van der Waals surface area (Å²) in [4.78, 5) is 32.0. The highest BCUT2D eigenvalue weighted by Gasteiger charge is 2.22. The lowest BCUT2D eigenvalue weighted by Crippen LogP contribution is -2.16. The highest BCUT2D eigenvalue weighted by Crippen LogP contribution is 2.32. The molecule has 0 spiro atoms. The minimum absolute atomic E-state index is 0.0424. The first-order chi connectivity index (χ1) is 10.5. The van der Waals surface area contributed by atoms with Crippen LogP contribution in [0.5, 0.6) is 11.6 Å². The molecule has 1 unspecified atom stereocenters. The lowest BCUT2D eigenvalue weighted by atomic mass is 10.1. The van der Waals surface area contributed by atoms with Gasteiger partial charge in [-0.3, -0.25) is 9.59 Å². The first kappa shape index (κ1) is 16.2. The monoisotopic (exact) mass is 324 g/mol. The smallest absolute Gasteiger partial charge is 0.308 e. The van der Waals surface area contributed by atoms with Crippen LogP contribution in [0.1, 0.15) is 23.1 Å². The van der Waals surface area contributed by atoms with E-state index in [4.69, 9.17) is 9.47 Å². The number of ether oxygens (including phenoxy) is 3. The third-order valence-corrected chi connectivity index (χ3v) is 4.09. The molecular weight excluding hydrogens is 308 g/mol. The zero-order valence-corrected chi connectivity index (χ0v) is 13.5. The Morgan fingerprint density at radius 3 is 2.55 bits per heavy atom. The third-order valence-electron chi connectivity index (χ3n) is 3.06. The van der Waals surface area contributed by atoms with Gasteiger partial charge in [0.05, 0.1) is 31.9 Å². The van der Waals surface area contributed by atoms with Crippen LogP contribution in [-0.2, 0) is 9.53 Å². The van der Waals surface area contributed by atoms with Crippen molar-refractivity contribution < 1.29 is 23.8 Å². The van der Waals surface area contributed by atoms with Gasteiger partial charge in [0, 0.05) is 12.5 Å². The summed E-state index contributed by atoms with van der Waals surface area (Å²) in [5, 5.41) is 0.300. The van der Waals surface area contributed by atoms with E-state index in [0.717, 1.165) is 0 Å². The number of nitrogens with zero attached hydrogens (tertiary/aromatic N) is 2. The topological polar surface area (TPSA) is 87.6 Å². The Hall–Kier alpha value is -2.22. The summed E-state index contributed by atoms with van der Waals surface area (Å²) in [6.45, 7) is 1.64. The van der Waals surface area contributed by atoms with E-state index in [9.17, 15) is 9.59 Å². The third kappa shape index (κ3) is 3.16. The van der Waals surface area contributed by atoms with E-state index in [1.807, 2.05) is 0 Å². The molecule has 0 aliphatic heterocycles. The Balaban J connectivity index is 2.29. The second kappa shape index (κ2) is 6.69. The number of hydrogen-bond acceptors (Lipinski definition) is 8. The van der Waals surface area contributed by atoms with Gasteiger partial charge >= 0.3 is 5.97 Å². The zero-order chi connectivity index (χ0) is 16.3. The van der Waals surface area contributed by atoms with Crippen LogP contribution in [0.25, 0.3) is 10.3 Å². The van der Waals surface area contributed by atoms with Crippen LogP contribution in [0.15, 0.2) is 6.07 Å². The van der Waals surface area contributed by atoms with E-state index in [1.54, 1.807) is 13.0 Å². The Labute approximate surface area is 131 Å². The number of pyridine rings is 1. The highest BCUT2D eigenvalue weighted by molar-refractivity contribution is 7.20. The van der Waals surface area contributed by atoms with E-state index >= 15 is 0 Å². The fourth-order valence-electron chi connectivity index (χ4n) is 1.89. The SMILES string of the molecule is COC(=O)C(C)CC(=O)c1nc2nc(OC)c(OC)cc2s1. The fraction of sp³-hybridized carbons (Fsp3) is 0.429. The molecule has 0 aromatic carbocycles. The van der Waals surface area contributed by atoms with Crippen molar-refractivity contribution in [1.29, 1.82) is 0 Å². The molecule has 0 N–H and O–H groups in total. The minimum Gasteiger partial charge on any atom is -0.491 e. The fourth-order valence-corrected chi connectivity index (χ4v) is 2.78. The summed E-state index contributed by atoms with van der Waals surface area (Å²) in [7, 11) is 4.28. The quantitative estimate of drug-likeness (QED) is 0.594. The van der Waals surface area contributed by atoms with Gasteiger partial charge in [-0.25, -0.2) is 4.98 Å². The second-order valence-electron chi connectivity index (χ2n) is 4.59. The van der Waals surface area contributed by atoms with Gasteiger partial charge in [-0.2, -0.15) is 4.98 Å². The molecule has 0 aliphatic rings. The molecule has 118 valence electrons. The van der Waals surface area contributed by atoms with Crippen LogP contribution in [0, 0.1) is 5.92 Å². The molecule has 22 heavy (non-hydrogen) atoms. The van der Waals surface area contributed by atoms with E-state index < -0.39 is 11.9 Å². The number of carbonyl (C=O) groups is 2. The maximum Gasteiger partial charge on any atom is 0.308 e. The molecule has 2 aromatic rings. The van der Waals surface area contributed by atoms with Crippen LogP contribution in [-0.4, -0.2) is 43.0 Å². The number of ketones is 1. The Morgan fingerprint density at radius 1 is 1.23 bits per heavy atom. The molecule has 0 saturated heterocycles. The number of hydrogen-bond donors (Lipinski definition) is 0. The second-order valence-corrected chi connectivity index (χ2v) is 5.62. The van der Waals surface area contributed by atoms with Crippen molar-refractivity contribution in [2.45, 2.75) is 13.3 Å². The van der Waals surface area contributed by atoms with Crippen molar-refractivity contribution in [2.75, 3.05) is 21.3 Å². The summed E-state index contributed by atoms with van der Waals surface area (Å²) in [5.74, 6) is -0.376. The van der Waals surface area contributed by atoms with Crippen LogP contribution in [0.4, 0.5) is 0 Å². The van der Waals surface area contributed by atoms with Crippen LogP contribution in [0.2, 0.25) is 0 Å². The largest absolute Gasteiger partial charge is 0.491 e. The number of methoxy groups -OCH3 is 3. The average molecular weight is 324 g/mol. The molecule has 7 nitrogen and oxygen atoms in total. The Kier molecular flexibility index (Phi) is 4.92. The van der Waals surface area contributed by atoms with Gasteiger partial charge in [-0.05, 0) is 0 Å². The van der Waals surface area contributed by atoms with Gasteiger partial charge in [0.25, 0.3) is 5.88 Å². The van der Waals surface area contributed by atoms with Gasteiger partial charge in [-0.1, -0.05) is 6.92 Å². The first-order valence-electron chi connectivity index (χ1n) is 6.50. The first-order valence-corrected chi connectivity index (χ1v) is 7.32. The summed E-state index contributed by atoms with van der Waals surface area (Å²) in [6.07, 6.45) is 0.0424. The summed E-state index contributed by atoms with van der Waals surface area (Å²) in [6, 6.07) is 1.72. The van der Waals surface area contributed by atoms with Crippen molar-refractivity contribution in [1.82, 2.24) is 9.97 Å². The molecule has 2 aromatic heterocycles. The van der Waals surface area contributed by atoms with Crippen LogP contribution >= 0.6 is 11.3 Å². The minimum atomic E-state index is -0.512. The molecule has 0 aliphatic carbocycles. The van der Waals surface area contributed by atoms with Gasteiger partial charge in [-0.15, -0.1) is 11.3 Å². The van der Waals surface area contributed by atoms with Crippen molar-refractivity contribution in [3.05, 3.63) is 11.1 Å². The molecule has 0 bridgehead atoms. The molecule has 2 heterocycles. The maximum absolute atomic E-state index is 12.2. The van der Waals surface area contributed by atoms with E-state index in [-0.39, 0.29) is 12.2 Å². The van der Waals surface area contributed by atoms with Gasteiger partial charge in [0.2, 0.25) is 0 Å². The Bertz CT molecular complexity index is 672. The number of aromatic nitrogens is 2. The van der Waals surface area contributed by atoms with Crippen LogP contribution < -0.4 is 9.47 Å². The number of rotatable bonds is 6. The average Bonchev–Trinajstić information content (AvgIpc) is 2.95.